The number of hydrogen-bond acceptors (Lipinski definition) is 4. The van der Waals surface area contributed by atoms with Gasteiger partial charge in [-0.2, -0.15) is 11.8 Å². The SMILES string of the molecule is Cn1nncc1C(O)CSC1CCCC1. The quantitative estimate of drug-likeness (QED) is 0.847. The Balaban J connectivity index is 1.81. The van der Waals surface area contributed by atoms with Gasteiger partial charge in [0.2, 0.25) is 0 Å². The molecule has 1 saturated carbocycles. The van der Waals surface area contributed by atoms with Crippen molar-refractivity contribution < 1.29 is 5.11 Å². The van der Waals surface area contributed by atoms with Crippen LogP contribution in [-0.2, 0) is 7.05 Å². The summed E-state index contributed by atoms with van der Waals surface area (Å²) in [6.45, 7) is 0. The second-order valence-corrected chi connectivity index (χ2v) is 5.37. The predicted molar refractivity (Wildman–Crippen MR) is 60.7 cm³/mol. The van der Waals surface area contributed by atoms with Crippen molar-refractivity contribution in [2.75, 3.05) is 5.75 Å². The molecule has 84 valence electrons. The van der Waals surface area contributed by atoms with Crippen LogP contribution in [0.15, 0.2) is 6.20 Å². The lowest BCUT2D eigenvalue weighted by atomic mass is 10.3. The van der Waals surface area contributed by atoms with E-state index in [9.17, 15) is 5.11 Å². The van der Waals surface area contributed by atoms with E-state index in [1.807, 2.05) is 18.8 Å². The molecule has 0 bridgehead atoms. The Hall–Kier alpha value is -0.550. The summed E-state index contributed by atoms with van der Waals surface area (Å²) in [7, 11) is 1.81. The highest BCUT2D eigenvalue weighted by atomic mass is 32.2. The topological polar surface area (TPSA) is 50.9 Å². The Labute approximate surface area is 94.1 Å². The minimum absolute atomic E-state index is 0.435. The first-order chi connectivity index (χ1) is 7.27. The van der Waals surface area contributed by atoms with Gasteiger partial charge in [0.05, 0.1) is 11.9 Å². The van der Waals surface area contributed by atoms with E-state index < -0.39 is 6.10 Å². The predicted octanol–water partition coefficient (Wildman–Crippen LogP) is 1.52. The molecular formula is C10H17N3OS. The van der Waals surface area contributed by atoms with Crippen molar-refractivity contribution in [3.05, 3.63) is 11.9 Å². The largest absolute Gasteiger partial charge is 0.386 e. The fraction of sp³-hybridized carbons (Fsp3) is 0.800. The van der Waals surface area contributed by atoms with E-state index in [0.717, 1.165) is 16.7 Å². The first-order valence-electron chi connectivity index (χ1n) is 5.41. The van der Waals surface area contributed by atoms with Crippen LogP contribution < -0.4 is 0 Å². The number of thioether (sulfide) groups is 1. The van der Waals surface area contributed by atoms with Crippen molar-refractivity contribution in [1.82, 2.24) is 15.0 Å². The van der Waals surface area contributed by atoms with Gasteiger partial charge in [-0.15, -0.1) is 5.10 Å². The minimum Gasteiger partial charge on any atom is -0.386 e. The minimum atomic E-state index is -0.435. The molecule has 5 heteroatoms. The molecule has 1 aliphatic carbocycles. The van der Waals surface area contributed by atoms with Crippen LogP contribution >= 0.6 is 11.8 Å². The Morgan fingerprint density at radius 2 is 2.33 bits per heavy atom. The summed E-state index contributed by atoms with van der Waals surface area (Å²) in [5.74, 6) is 0.756. The maximum atomic E-state index is 9.93. The maximum Gasteiger partial charge on any atom is 0.106 e. The fourth-order valence-corrected chi connectivity index (χ4v) is 3.26. The third-order valence-corrected chi connectivity index (χ3v) is 4.33. The van der Waals surface area contributed by atoms with E-state index in [-0.39, 0.29) is 0 Å². The molecule has 2 rings (SSSR count). The molecule has 1 aromatic heterocycles. The maximum absolute atomic E-state index is 9.93. The first kappa shape index (κ1) is 11.0. The van der Waals surface area contributed by atoms with Crippen LogP contribution in [-0.4, -0.2) is 31.1 Å². The summed E-state index contributed by atoms with van der Waals surface area (Å²) in [5.41, 5.74) is 0.806. The molecule has 0 saturated heterocycles. The molecule has 1 aromatic rings. The summed E-state index contributed by atoms with van der Waals surface area (Å²) in [4.78, 5) is 0. The van der Waals surface area contributed by atoms with Crippen LogP contribution in [0.4, 0.5) is 0 Å². The Kier molecular flexibility index (Phi) is 3.64. The lowest BCUT2D eigenvalue weighted by Crippen LogP contribution is -2.09. The number of rotatable bonds is 4. The molecule has 1 heterocycles. The average molecular weight is 227 g/mol. The third-order valence-electron chi connectivity index (χ3n) is 2.88. The van der Waals surface area contributed by atoms with E-state index in [1.165, 1.54) is 25.7 Å². The number of aliphatic hydroxyl groups excluding tert-OH is 1. The lowest BCUT2D eigenvalue weighted by molar-refractivity contribution is 0.193. The van der Waals surface area contributed by atoms with E-state index in [2.05, 4.69) is 10.3 Å². The van der Waals surface area contributed by atoms with Gasteiger partial charge in [0.25, 0.3) is 0 Å². The summed E-state index contributed by atoms with van der Waals surface area (Å²) >= 11 is 1.88. The monoisotopic (exact) mass is 227 g/mol. The van der Waals surface area contributed by atoms with Gasteiger partial charge in [0.15, 0.2) is 0 Å². The van der Waals surface area contributed by atoms with Gasteiger partial charge in [0, 0.05) is 18.1 Å². The standard InChI is InChI=1S/C10H17N3OS/c1-13-9(6-11-12-13)10(14)7-15-8-4-2-3-5-8/h6,8,10,14H,2-5,7H2,1H3. The van der Waals surface area contributed by atoms with E-state index in [0.29, 0.717) is 0 Å². The molecule has 0 aromatic carbocycles. The van der Waals surface area contributed by atoms with Crippen LogP contribution in [0.2, 0.25) is 0 Å². The Morgan fingerprint density at radius 3 is 2.93 bits per heavy atom. The number of nitrogens with zero attached hydrogens (tertiary/aromatic N) is 3. The summed E-state index contributed by atoms with van der Waals surface area (Å²) < 4.78 is 1.64. The third kappa shape index (κ3) is 2.72. The zero-order valence-electron chi connectivity index (χ0n) is 8.96. The molecule has 1 atom stereocenters. The molecule has 4 nitrogen and oxygen atoms in total. The molecule has 0 amide bonds. The van der Waals surface area contributed by atoms with Crippen LogP contribution in [0.3, 0.4) is 0 Å². The molecule has 0 spiro atoms. The van der Waals surface area contributed by atoms with E-state index in [1.54, 1.807) is 10.9 Å². The average Bonchev–Trinajstić information content (AvgIpc) is 2.84. The first-order valence-corrected chi connectivity index (χ1v) is 6.46. The van der Waals surface area contributed by atoms with E-state index >= 15 is 0 Å². The Bertz CT molecular complexity index is 309. The molecule has 1 N–H and O–H groups in total. The van der Waals surface area contributed by atoms with Crippen molar-refractivity contribution in [3.8, 4) is 0 Å². The van der Waals surface area contributed by atoms with Crippen LogP contribution in [0.5, 0.6) is 0 Å². The van der Waals surface area contributed by atoms with E-state index in [4.69, 9.17) is 0 Å². The Morgan fingerprint density at radius 1 is 1.60 bits per heavy atom. The van der Waals surface area contributed by atoms with Gasteiger partial charge in [-0.25, -0.2) is 4.68 Å². The smallest absolute Gasteiger partial charge is 0.106 e. The highest BCUT2D eigenvalue weighted by molar-refractivity contribution is 7.99. The van der Waals surface area contributed by atoms with Gasteiger partial charge in [-0.1, -0.05) is 18.1 Å². The number of aryl methyl sites for hydroxylation is 1. The molecular weight excluding hydrogens is 210 g/mol. The van der Waals surface area contributed by atoms with Crippen molar-refractivity contribution in [2.45, 2.75) is 37.0 Å². The summed E-state index contributed by atoms with van der Waals surface area (Å²) in [6.07, 6.45) is 6.51. The molecule has 0 radical (unpaired) electrons. The van der Waals surface area contributed by atoms with Gasteiger partial charge in [-0.3, -0.25) is 0 Å². The van der Waals surface area contributed by atoms with Gasteiger partial charge >= 0.3 is 0 Å². The molecule has 0 aliphatic heterocycles. The van der Waals surface area contributed by atoms with Gasteiger partial charge in [0.1, 0.15) is 6.10 Å². The molecule has 1 aliphatic rings. The van der Waals surface area contributed by atoms with Gasteiger partial charge < -0.3 is 5.11 Å². The van der Waals surface area contributed by atoms with Crippen molar-refractivity contribution in [1.29, 1.82) is 0 Å². The zero-order valence-corrected chi connectivity index (χ0v) is 9.78. The van der Waals surface area contributed by atoms with Crippen molar-refractivity contribution in [2.24, 2.45) is 7.05 Å². The second kappa shape index (κ2) is 4.99. The number of aromatic nitrogens is 3. The van der Waals surface area contributed by atoms with Crippen LogP contribution in [0, 0.1) is 0 Å². The van der Waals surface area contributed by atoms with Crippen LogP contribution in [0.1, 0.15) is 37.5 Å². The number of aliphatic hydroxyl groups is 1. The molecule has 1 fully saturated rings. The second-order valence-electron chi connectivity index (χ2n) is 4.04. The zero-order chi connectivity index (χ0) is 10.7. The number of hydrogen-bond donors (Lipinski definition) is 1. The van der Waals surface area contributed by atoms with Gasteiger partial charge in [-0.05, 0) is 12.8 Å². The van der Waals surface area contributed by atoms with Crippen molar-refractivity contribution >= 4 is 11.8 Å². The summed E-state index contributed by atoms with van der Waals surface area (Å²) in [6, 6.07) is 0. The fourth-order valence-electron chi connectivity index (χ4n) is 1.97. The summed E-state index contributed by atoms with van der Waals surface area (Å²) in [5, 5.41) is 18.3. The molecule has 1 unspecified atom stereocenters. The molecule has 15 heavy (non-hydrogen) atoms. The van der Waals surface area contributed by atoms with Crippen molar-refractivity contribution in [3.63, 3.8) is 0 Å². The highest BCUT2D eigenvalue weighted by Gasteiger charge is 2.19. The normalized spacial score (nSPS) is 19.6. The highest BCUT2D eigenvalue weighted by Crippen LogP contribution is 2.31. The van der Waals surface area contributed by atoms with Crippen LogP contribution in [0.25, 0.3) is 0 Å². The lowest BCUT2D eigenvalue weighted by Gasteiger charge is -2.13.